The predicted octanol–water partition coefficient (Wildman–Crippen LogP) is 2.60. The SMILES string of the molecule is CC.Cc1cc(Nc2nc(N3CCCC(CNC(=O)N(C)C)C3)cnc2C(N)=O)sn1. The van der Waals surface area contributed by atoms with Gasteiger partial charge in [-0.05, 0) is 43.3 Å². The van der Waals surface area contributed by atoms with Crippen LogP contribution in [0.2, 0.25) is 0 Å². The molecule has 0 saturated carbocycles. The maximum Gasteiger partial charge on any atom is 0.316 e. The van der Waals surface area contributed by atoms with Crippen molar-refractivity contribution in [2.45, 2.75) is 33.6 Å². The van der Waals surface area contributed by atoms with Crippen molar-refractivity contribution in [2.75, 3.05) is 43.9 Å². The molecule has 0 spiro atoms. The van der Waals surface area contributed by atoms with Crippen LogP contribution in [0.3, 0.4) is 0 Å². The zero-order valence-electron chi connectivity index (χ0n) is 18.8. The van der Waals surface area contributed by atoms with E-state index in [-0.39, 0.29) is 11.7 Å². The summed E-state index contributed by atoms with van der Waals surface area (Å²) in [5, 5.41) is 6.81. The van der Waals surface area contributed by atoms with Crippen molar-refractivity contribution in [3.05, 3.63) is 23.7 Å². The number of primary amides is 1. The fourth-order valence-electron chi connectivity index (χ4n) is 3.17. The van der Waals surface area contributed by atoms with E-state index < -0.39 is 5.91 Å². The molecule has 2 aromatic heterocycles. The molecule has 1 fully saturated rings. The number of carbonyl (C=O) groups is 2. The molecule has 3 heterocycles. The Balaban J connectivity index is 0.00000166. The van der Waals surface area contributed by atoms with Gasteiger partial charge in [-0.3, -0.25) is 4.79 Å². The number of nitrogens with one attached hydrogen (secondary N) is 2. The van der Waals surface area contributed by atoms with Crippen molar-refractivity contribution in [3.8, 4) is 0 Å². The first-order valence-electron chi connectivity index (χ1n) is 10.4. The number of piperidine rings is 1. The Labute approximate surface area is 187 Å². The lowest BCUT2D eigenvalue weighted by Gasteiger charge is -2.33. The van der Waals surface area contributed by atoms with Crippen LogP contribution >= 0.6 is 11.5 Å². The van der Waals surface area contributed by atoms with Crippen LogP contribution in [-0.4, -0.2) is 64.9 Å². The molecule has 10 nitrogen and oxygen atoms in total. The largest absolute Gasteiger partial charge is 0.364 e. The second kappa shape index (κ2) is 11.4. The van der Waals surface area contributed by atoms with Crippen LogP contribution in [-0.2, 0) is 0 Å². The average Bonchev–Trinajstić information content (AvgIpc) is 3.17. The Kier molecular flexibility index (Phi) is 8.98. The minimum atomic E-state index is -0.643. The van der Waals surface area contributed by atoms with Gasteiger partial charge in [0.2, 0.25) is 0 Å². The third-order valence-electron chi connectivity index (χ3n) is 4.65. The lowest BCUT2D eigenvalue weighted by Crippen LogP contribution is -2.43. The second-order valence-corrected chi connectivity index (χ2v) is 8.09. The highest BCUT2D eigenvalue weighted by molar-refractivity contribution is 7.10. The van der Waals surface area contributed by atoms with Crippen molar-refractivity contribution in [2.24, 2.45) is 11.7 Å². The summed E-state index contributed by atoms with van der Waals surface area (Å²) in [4.78, 5) is 36.1. The molecular formula is C20H32N8O2S. The summed E-state index contributed by atoms with van der Waals surface area (Å²) in [6.07, 6.45) is 3.59. The van der Waals surface area contributed by atoms with Gasteiger partial charge in [-0.1, -0.05) is 13.8 Å². The number of rotatable bonds is 6. The van der Waals surface area contributed by atoms with E-state index in [9.17, 15) is 9.59 Å². The Hall–Kier alpha value is -2.95. The lowest BCUT2D eigenvalue weighted by molar-refractivity contribution is 0.0996. The van der Waals surface area contributed by atoms with Crippen molar-refractivity contribution >= 4 is 40.1 Å². The highest BCUT2D eigenvalue weighted by Crippen LogP contribution is 2.26. The van der Waals surface area contributed by atoms with E-state index in [4.69, 9.17) is 5.73 Å². The molecule has 3 amide bonds. The Bertz CT molecular complexity index is 886. The highest BCUT2D eigenvalue weighted by Gasteiger charge is 2.23. The minimum Gasteiger partial charge on any atom is -0.364 e. The minimum absolute atomic E-state index is 0.0895. The number of aryl methyl sites for hydroxylation is 1. The molecule has 0 bridgehead atoms. The van der Waals surface area contributed by atoms with E-state index in [1.165, 1.54) is 16.4 Å². The molecule has 3 rings (SSSR count). The molecule has 1 unspecified atom stereocenters. The Morgan fingerprint density at radius 3 is 2.71 bits per heavy atom. The van der Waals surface area contributed by atoms with Crippen molar-refractivity contribution in [3.63, 3.8) is 0 Å². The summed E-state index contributed by atoms with van der Waals surface area (Å²) >= 11 is 1.28. The van der Waals surface area contributed by atoms with Crippen LogP contribution in [0.25, 0.3) is 0 Å². The van der Waals surface area contributed by atoms with Gasteiger partial charge in [0.25, 0.3) is 5.91 Å². The molecule has 2 aromatic rings. The fourth-order valence-corrected chi connectivity index (χ4v) is 3.83. The van der Waals surface area contributed by atoms with Crippen LogP contribution in [0.1, 0.15) is 42.9 Å². The van der Waals surface area contributed by atoms with E-state index in [2.05, 4.69) is 29.9 Å². The molecule has 1 aliphatic heterocycles. The third-order valence-corrected chi connectivity index (χ3v) is 5.45. The van der Waals surface area contributed by atoms with Crippen LogP contribution in [0.5, 0.6) is 0 Å². The molecule has 4 N–H and O–H groups in total. The molecule has 31 heavy (non-hydrogen) atoms. The summed E-state index contributed by atoms with van der Waals surface area (Å²) < 4.78 is 4.22. The lowest BCUT2D eigenvalue weighted by atomic mass is 9.98. The van der Waals surface area contributed by atoms with Crippen LogP contribution in [0.15, 0.2) is 12.3 Å². The van der Waals surface area contributed by atoms with Gasteiger partial charge in [-0.25, -0.2) is 14.8 Å². The van der Waals surface area contributed by atoms with E-state index in [0.717, 1.165) is 36.6 Å². The van der Waals surface area contributed by atoms with Gasteiger partial charge in [-0.15, -0.1) is 0 Å². The fraction of sp³-hybridized carbons (Fsp3) is 0.550. The standard InChI is InChI=1S/C18H26N8O2S.C2H6/c1-11-7-14(29-24-11)23-17-15(16(19)27)20-9-13(22-17)26-6-4-5-12(10-26)8-21-18(28)25(2)3;1-2/h7,9,12H,4-6,8,10H2,1-3H3,(H2,19,27)(H,21,28)(H,22,23);1-2H3. The van der Waals surface area contributed by atoms with E-state index >= 15 is 0 Å². The van der Waals surface area contributed by atoms with Gasteiger partial charge in [0.15, 0.2) is 11.5 Å². The van der Waals surface area contributed by atoms with Crippen LogP contribution in [0.4, 0.5) is 21.4 Å². The van der Waals surface area contributed by atoms with Crippen molar-refractivity contribution in [1.29, 1.82) is 0 Å². The summed E-state index contributed by atoms with van der Waals surface area (Å²) in [6, 6.07) is 1.77. The number of hydrogen-bond donors (Lipinski definition) is 3. The van der Waals surface area contributed by atoms with E-state index in [1.807, 2.05) is 26.8 Å². The number of hydrogen-bond acceptors (Lipinski definition) is 8. The molecule has 1 aliphatic rings. The number of carbonyl (C=O) groups excluding carboxylic acids is 2. The Morgan fingerprint density at radius 1 is 1.35 bits per heavy atom. The summed E-state index contributed by atoms with van der Waals surface area (Å²) in [7, 11) is 3.44. The zero-order valence-corrected chi connectivity index (χ0v) is 19.6. The number of amides is 3. The first kappa shape index (κ1) is 24.3. The predicted molar refractivity (Wildman–Crippen MR) is 124 cm³/mol. The molecule has 1 saturated heterocycles. The monoisotopic (exact) mass is 448 g/mol. The molecule has 0 aromatic carbocycles. The van der Waals surface area contributed by atoms with Gasteiger partial charge >= 0.3 is 6.03 Å². The van der Waals surface area contributed by atoms with Gasteiger partial charge < -0.3 is 26.2 Å². The highest BCUT2D eigenvalue weighted by atomic mass is 32.1. The number of anilines is 3. The van der Waals surface area contributed by atoms with E-state index in [0.29, 0.717) is 24.1 Å². The van der Waals surface area contributed by atoms with Gasteiger partial charge in [0, 0.05) is 33.7 Å². The molecule has 170 valence electrons. The maximum atomic E-state index is 11.8. The third kappa shape index (κ3) is 6.78. The first-order valence-corrected chi connectivity index (χ1v) is 11.2. The normalized spacial score (nSPS) is 15.5. The number of aromatic nitrogens is 3. The summed E-state index contributed by atoms with van der Waals surface area (Å²) in [5.41, 5.74) is 6.43. The number of urea groups is 1. The number of nitrogens with zero attached hydrogens (tertiary/aromatic N) is 5. The van der Waals surface area contributed by atoms with Crippen LogP contribution in [0, 0.1) is 12.8 Å². The summed E-state index contributed by atoms with van der Waals surface area (Å²) in [6.45, 7) is 8.08. The Morgan fingerprint density at radius 2 is 2.10 bits per heavy atom. The molecule has 11 heteroatoms. The smallest absolute Gasteiger partial charge is 0.316 e. The molecule has 0 aliphatic carbocycles. The summed E-state index contributed by atoms with van der Waals surface area (Å²) in [5.74, 6) is 0.658. The second-order valence-electron chi connectivity index (χ2n) is 7.28. The average molecular weight is 449 g/mol. The van der Waals surface area contributed by atoms with Crippen LogP contribution < -0.4 is 21.3 Å². The van der Waals surface area contributed by atoms with Gasteiger partial charge in [0.1, 0.15) is 10.8 Å². The van der Waals surface area contributed by atoms with Crippen molar-refractivity contribution in [1.82, 2.24) is 24.6 Å². The molecular weight excluding hydrogens is 416 g/mol. The van der Waals surface area contributed by atoms with Gasteiger partial charge in [-0.2, -0.15) is 4.37 Å². The maximum absolute atomic E-state index is 11.8. The topological polar surface area (TPSA) is 129 Å². The van der Waals surface area contributed by atoms with Gasteiger partial charge in [0.05, 0.1) is 11.9 Å². The number of nitrogens with two attached hydrogens (primary N) is 1. The molecule has 0 radical (unpaired) electrons. The zero-order chi connectivity index (χ0) is 23.0. The first-order chi connectivity index (χ1) is 14.8. The van der Waals surface area contributed by atoms with Crippen molar-refractivity contribution < 1.29 is 9.59 Å². The quantitative estimate of drug-likeness (QED) is 0.619. The van der Waals surface area contributed by atoms with E-state index in [1.54, 1.807) is 20.3 Å². The molecule has 1 atom stereocenters.